The van der Waals surface area contributed by atoms with Crippen molar-refractivity contribution in [1.29, 1.82) is 0 Å². The van der Waals surface area contributed by atoms with Gasteiger partial charge in [0.25, 0.3) is 0 Å². The predicted octanol–water partition coefficient (Wildman–Crippen LogP) is 1.46. The standard InChI is InChI=1S/C12H16N2O/c1-2-10-15-12-6-4-11(5-7-12)14-9-3-8-13/h1,4-7,14H,3,8-10,13H2. The zero-order valence-corrected chi connectivity index (χ0v) is 8.70. The quantitative estimate of drug-likeness (QED) is 0.545. The van der Waals surface area contributed by atoms with Crippen molar-refractivity contribution in [3.63, 3.8) is 0 Å². The molecule has 0 radical (unpaired) electrons. The molecule has 0 unspecified atom stereocenters. The summed E-state index contributed by atoms with van der Waals surface area (Å²) in [6, 6.07) is 7.70. The molecule has 1 aromatic rings. The largest absolute Gasteiger partial charge is 0.481 e. The fourth-order valence-corrected chi connectivity index (χ4v) is 1.13. The smallest absolute Gasteiger partial charge is 0.148 e. The highest BCUT2D eigenvalue weighted by molar-refractivity contribution is 5.46. The maximum Gasteiger partial charge on any atom is 0.148 e. The molecule has 1 aromatic carbocycles. The van der Waals surface area contributed by atoms with Gasteiger partial charge in [-0.25, -0.2) is 0 Å². The average molecular weight is 204 g/mol. The minimum Gasteiger partial charge on any atom is -0.481 e. The molecule has 0 fully saturated rings. The molecule has 0 aromatic heterocycles. The molecule has 0 amide bonds. The first-order valence-corrected chi connectivity index (χ1v) is 4.97. The van der Waals surface area contributed by atoms with E-state index in [1.165, 1.54) is 0 Å². The molecular weight excluding hydrogens is 188 g/mol. The van der Waals surface area contributed by atoms with Crippen molar-refractivity contribution in [1.82, 2.24) is 0 Å². The van der Waals surface area contributed by atoms with Gasteiger partial charge in [-0.2, -0.15) is 0 Å². The Hall–Kier alpha value is -1.66. The molecule has 15 heavy (non-hydrogen) atoms. The number of benzene rings is 1. The number of terminal acetylenes is 1. The number of ether oxygens (including phenoxy) is 1. The van der Waals surface area contributed by atoms with Gasteiger partial charge >= 0.3 is 0 Å². The van der Waals surface area contributed by atoms with Crippen LogP contribution in [0.1, 0.15) is 6.42 Å². The van der Waals surface area contributed by atoms with Crippen molar-refractivity contribution >= 4 is 5.69 Å². The van der Waals surface area contributed by atoms with Gasteiger partial charge in [0, 0.05) is 12.2 Å². The summed E-state index contributed by atoms with van der Waals surface area (Å²) in [5.74, 6) is 3.21. The molecule has 0 heterocycles. The van der Waals surface area contributed by atoms with Crippen LogP contribution in [0.25, 0.3) is 0 Å². The SMILES string of the molecule is C#CCOc1ccc(NCCCN)cc1. The first kappa shape index (κ1) is 11.4. The van der Waals surface area contributed by atoms with Crippen LogP contribution in [0.5, 0.6) is 5.75 Å². The van der Waals surface area contributed by atoms with Crippen molar-refractivity contribution in [2.24, 2.45) is 5.73 Å². The summed E-state index contributed by atoms with van der Waals surface area (Å²) in [7, 11) is 0. The number of anilines is 1. The fourth-order valence-electron chi connectivity index (χ4n) is 1.13. The molecule has 0 aliphatic carbocycles. The first-order chi connectivity index (χ1) is 7.36. The second kappa shape index (κ2) is 6.74. The summed E-state index contributed by atoms with van der Waals surface area (Å²) in [6.45, 7) is 1.90. The summed E-state index contributed by atoms with van der Waals surface area (Å²) in [5.41, 5.74) is 6.46. The Morgan fingerprint density at radius 2 is 2.07 bits per heavy atom. The zero-order valence-electron chi connectivity index (χ0n) is 8.70. The van der Waals surface area contributed by atoms with Gasteiger partial charge in [0.2, 0.25) is 0 Å². The van der Waals surface area contributed by atoms with Crippen LogP contribution in [0.2, 0.25) is 0 Å². The van der Waals surface area contributed by atoms with E-state index in [-0.39, 0.29) is 0 Å². The zero-order chi connectivity index (χ0) is 10.9. The molecule has 0 atom stereocenters. The second-order valence-corrected chi connectivity index (χ2v) is 3.09. The van der Waals surface area contributed by atoms with Crippen molar-refractivity contribution in [3.8, 4) is 18.1 Å². The number of nitrogens with two attached hydrogens (primary N) is 1. The predicted molar refractivity (Wildman–Crippen MR) is 62.9 cm³/mol. The van der Waals surface area contributed by atoms with Gasteiger partial charge in [-0.05, 0) is 37.2 Å². The lowest BCUT2D eigenvalue weighted by Crippen LogP contribution is -2.08. The van der Waals surface area contributed by atoms with Crippen LogP contribution >= 0.6 is 0 Å². The Labute approximate surface area is 90.6 Å². The Bertz CT molecular complexity index is 313. The van der Waals surface area contributed by atoms with Gasteiger partial charge in [-0.15, -0.1) is 6.42 Å². The van der Waals surface area contributed by atoms with Crippen LogP contribution in [-0.4, -0.2) is 19.7 Å². The van der Waals surface area contributed by atoms with Gasteiger partial charge in [-0.1, -0.05) is 5.92 Å². The van der Waals surface area contributed by atoms with Gasteiger partial charge in [-0.3, -0.25) is 0 Å². The molecular formula is C12H16N2O. The molecule has 3 nitrogen and oxygen atoms in total. The van der Waals surface area contributed by atoms with Crippen LogP contribution in [0, 0.1) is 12.3 Å². The Morgan fingerprint density at radius 3 is 2.67 bits per heavy atom. The first-order valence-electron chi connectivity index (χ1n) is 4.97. The van der Waals surface area contributed by atoms with Crippen molar-refractivity contribution in [2.75, 3.05) is 25.0 Å². The van der Waals surface area contributed by atoms with E-state index in [0.29, 0.717) is 13.2 Å². The second-order valence-electron chi connectivity index (χ2n) is 3.09. The van der Waals surface area contributed by atoms with E-state index >= 15 is 0 Å². The van der Waals surface area contributed by atoms with E-state index in [4.69, 9.17) is 16.9 Å². The molecule has 0 aliphatic heterocycles. The van der Waals surface area contributed by atoms with E-state index in [9.17, 15) is 0 Å². The monoisotopic (exact) mass is 204 g/mol. The molecule has 3 N–H and O–H groups in total. The highest BCUT2D eigenvalue weighted by Crippen LogP contribution is 2.15. The summed E-state index contributed by atoms with van der Waals surface area (Å²) in [5, 5.41) is 3.25. The van der Waals surface area contributed by atoms with Crippen molar-refractivity contribution in [3.05, 3.63) is 24.3 Å². The number of hydrogen-bond donors (Lipinski definition) is 2. The normalized spacial score (nSPS) is 9.33. The summed E-state index contributed by atoms with van der Waals surface area (Å²) in [4.78, 5) is 0. The van der Waals surface area contributed by atoms with E-state index in [1.54, 1.807) is 0 Å². The Kier molecular flexibility index (Phi) is 5.13. The van der Waals surface area contributed by atoms with Crippen molar-refractivity contribution in [2.45, 2.75) is 6.42 Å². The lowest BCUT2D eigenvalue weighted by atomic mass is 10.3. The average Bonchev–Trinajstić information content (AvgIpc) is 2.28. The topological polar surface area (TPSA) is 47.3 Å². The number of rotatable bonds is 6. The van der Waals surface area contributed by atoms with E-state index in [0.717, 1.165) is 24.4 Å². The molecule has 3 heteroatoms. The van der Waals surface area contributed by atoms with Gasteiger partial charge in [0.05, 0.1) is 0 Å². The molecule has 0 aliphatic rings. The molecule has 1 rings (SSSR count). The number of nitrogens with one attached hydrogen (secondary N) is 1. The number of hydrogen-bond acceptors (Lipinski definition) is 3. The summed E-state index contributed by atoms with van der Waals surface area (Å²) >= 11 is 0. The van der Waals surface area contributed by atoms with E-state index in [1.807, 2.05) is 24.3 Å². The third-order valence-corrected chi connectivity index (χ3v) is 1.89. The van der Waals surface area contributed by atoms with Gasteiger partial charge in [0.15, 0.2) is 0 Å². The summed E-state index contributed by atoms with van der Waals surface area (Å²) in [6.07, 6.45) is 6.06. The highest BCUT2D eigenvalue weighted by atomic mass is 16.5. The third-order valence-electron chi connectivity index (χ3n) is 1.89. The maximum absolute atomic E-state index is 5.39. The minimum absolute atomic E-state index is 0.306. The minimum atomic E-state index is 0.306. The summed E-state index contributed by atoms with van der Waals surface area (Å²) < 4.78 is 5.25. The maximum atomic E-state index is 5.39. The molecule has 0 saturated heterocycles. The molecule has 0 spiro atoms. The van der Waals surface area contributed by atoms with Crippen molar-refractivity contribution < 1.29 is 4.74 Å². The third kappa shape index (κ3) is 4.39. The Balaban J connectivity index is 2.39. The lowest BCUT2D eigenvalue weighted by molar-refractivity contribution is 0.370. The van der Waals surface area contributed by atoms with Gasteiger partial charge < -0.3 is 15.8 Å². The van der Waals surface area contributed by atoms with Crippen LogP contribution in [0.15, 0.2) is 24.3 Å². The van der Waals surface area contributed by atoms with Crippen LogP contribution < -0.4 is 15.8 Å². The van der Waals surface area contributed by atoms with Crippen LogP contribution in [0.4, 0.5) is 5.69 Å². The lowest BCUT2D eigenvalue weighted by Gasteiger charge is -2.06. The van der Waals surface area contributed by atoms with E-state index in [2.05, 4.69) is 11.2 Å². The van der Waals surface area contributed by atoms with Crippen LogP contribution in [0.3, 0.4) is 0 Å². The fraction of sp³-hybridized carbons (Fsp3) is 0.333. The van der Waals surface area contributed by atoms with Crippen LogP contribution in [-0.2, 0) is 0 Å². The molecule has 80 valence electrons. The highest BCUT2D eigenvalue weighted by Gasteiger charge is 1.93. The molecule has 0 saturated carbocycles. The molecule has 0 bridgehead atoms. The Morgan fingerprint density at radius 1 is 1.33 bits per heavy atom. The van der Waals surface area contributed by atoms with E-state index < -0.39 is 0 Å². The van der Waals surface area contributed by atoms with Gasteiger partial charge in [0.1, 0.15) is 12.4 Å².